The van der Waals surface area contributed by atoms with E-state index in [9.17, 15) is 0 Å². The highest BCUT2D eigenvalue weighted by Crippen LogP contribution is 1.89. The van der Waals surface area contributed by atoms with E-state index < -0.39 is 32.5 Å². The fraction of sp³-hybridized carbons (Fsp3) is 1.00. The molecule has 0 spiro atoms. The van der Waals surface area contributed by atoms with Crippen LogP contribution in [0.4, 0.5) is 0 Å². The highest BCUT2D eigenvalue weighted by atomic mass is 16.2. The summed E-state index contributed by atoms with van der Waals surface area (Å²) in [7, 11) is 0. The second kappa shape index (κ2) is 4.96. The molecular weight excluding hydrogens is 76.1 g/mol. The van der Waals surface area contributed by atoms with Gasteiger partial charge in [-0.15, -0.1) is 0 Å². The van der Waals surface area contributed by atoms with Crippen LogP contribution in [0.3, 0.4) is 0 Å². The van der Waals surface area contributed by atoms with Crippen molar-refractivity contribution in [1.82, 2.24) is 0 Å². The van der Waals surface area contributed by atoms with Crippen LogP contribution in [0, 0.1) is 0 Å². The molecule has 0 radical (unpaired) electrons. The molecule has 0 aliphatic rings. The Bertz CT molecular complexity index is 302. The summed E-state index contributed by atoms with van der Waals surface area (Å²) in [5.41, 5.74) is 0. The molecule has 0 saturated heterocycles. The minimum absolute atomic E-state index is 3.41. The molecule has 1 N–H and O–H groups in total. The molecule has 0 aliphatic heterocycles. The van der Waals surface area contributed by atoms with E-state index in [2.05, 4.69) is 5.11 Å². The molecule has 0 rings (SSSR count). The van der Waals surface area contributed by atoms with Crippen LogP contribution in [0.25, 0.3) is 0 Å². The van der Waals surface area contributed by atoms with Crippen molar-refractivity contribution in [3.63, 3.8) is 0 Å². The van der Waals surface area contributed by atoms with Gasteiger partial charge in [-0.3, -0.25) is 0 Å². The summed E-state index contributed by atoms with van der Waals surface area (Å²) in [6.07, 6.45) is -11.1. The summed E-state index contributed by atoms with van der Waals surface area (Å²) in [5, 5.41) is 3.41. The maximum absolute atomic E-state index is 7.30. The van der Waals surface area contributed by atoms with Gasteiger partial charge in [0.25, 0.3) is 0 Å². The van der Waals surface area contributed by atoms with E-state index in [1.54, 1.807) is 0 Å². The highest BCUT2D eigenvalue weighted by molar-refractivity contribution is 4.30. The Kier molecular flexibility index (Phi) is 0.421. The summed E-state index contributed by atoms with van der Waals surface area (Å²) in [6.45, 7) is -7.03. The number of aliphatic hydroxyl groups is 1. The topological polar surface area (TPSA) is 20.2 Å². The lowest BCUT2D eigenvalue weighted by molar-refractivity contribution is 0.284. The Hall–Kier alpha value is -0.0400. The second-order valence-electron chi connectivity index (χ2n) is 0.477. The SMILES string of the molecule is [2H]OC([2H])([2H])C([2H])([2H])C([2H])([2H])C([2H])([2H])C([2H])([2H])[2H]. The lowest BCUT2D eigenvalue weighted by Gasteiger charge is -1.85. The van der Waals surface area contributed by atoms with E-state index in [0.29, 0.717) is 0 Å². The van der Waals surface area contributed by atoms with Crippen molar-refractivity contribution < 1.29 is 20.2 Å². The van der Waals surface area contributed by atoms with Gasteiger partial charge in [-0.1, -0.05) is 19.6 Å². The minimum atomic E-state index is -3.75. The molecule has 0 saturated carbocycles. The first kappa shape index (κ1) is 0.510. The average molecular weight is 100 g/mol. The molecule has 1 heteroatoms. The van der Waals surface area contributed by atoms with Gasteiger partial charge in [-0.2, -0.15) is 0 Å². The lowest BCUT2D eigenvalue weighted by atomic mass is 10.3. The van der Waals surface area contributed by atoms with Gasteiger partial charge in [0, 0.05) is 18.9 Å². The molecule has 0 aromatic carbocycles. The van der Waals surface area contributed by atoms with Crippen LogP contribution in [0.5, 0.6) is 0 Å². The quantitative estimate of drug-likeness (QED) is 0.562. The molecule has 0 atom stereocenters. The van der Waals surface area contributed by atoms with Crippen LogP contribution in [0.1, 0.15) is 41.0 Å². The summed E-state index contributed by atoms with van der Waals surface area (Å²) in [6, 6.07) is 0. The molecule has 0 aliphatic carbocycles. The van der Waals surface area contributed by atoms with Gasteiger partial charge in [0.05, 0.1) is 2.74 Å². The molecule has 38 valence electrons. The zero-order valence-electron chi connectivity index (χ0n) is 14.9. The zero-order valence-corrected chi connectivity index (χ0v) is 2.91. The van der Waals surface area contributed by atoms with Gasteiger partial charge in [-0.25, -0.2) is 0 Å². The van der Waals surface area contributed by atoms with E-state index in [0.717, 1.165) is 0 Å². The lowest BCUT2D eigenvalue weighted by Crippen LogP contribution is -1.78. The standard InChI is InChI=1S/C5H12O/c1-2-3-4-5-6/h6H,2-5H2,1H3/i1D3,2D2,3D2,4D2,5D2,6D. The first-order valence-corrected chi connectivity index (χ1v) is 1.20. The first-order chi connectivity index (χ1) is 7.56. The van der Waals surface area contributed by atoms with E-state index in [4.69, 9.17) is 16.5 Å². The van der Waals surface area contributed by atoms with Crippen molar-refractivity contribution in [3.8, 4) is 0 Å². The molecule has 0 aromatic heterocycles. The van der Waals surface area contributed by atoms with Gasteiger partial charge in [0.2, 0.25) is 1.43 Å². The van der Waals surface area contributed by atoms with Crippen LogP contribution >= 0.6 is 0 Å². The minimum Gasteiger partial charge on any atom is -0.396 e. The fourth-order valence-electron chi connectivity index (χ4n) is 0.0568. The monoisotopic (exact) mass is 100 g/mol. The Morgan fingerprint density at radius 1 is 2.00 bits per heavy atom. The van der Waals surface area contributed by atoms with Crippen LogP contribution in [0.15, 0.2) is 0 Å². The van der Waals surface area contributed by atoms with Gasteiger partial charge in [0.15, 0.2) is 0 Å². The molecule has 0 aromatic rings. The molecule has 1 nitrogen and oxygen atoms in total. The van der Waals surface area contributed by atoms with Crippen LogP contribution in [-0.4, -0.2) is 13.1 Å². The van der Waals surface area contributed by atoms with Crippen LogP contribution in [0.2, 0.25) is 0 Å². The van der Waals surface area contributed by atoms with Gasteiger partial charge in [0.1, 0.15) is 0 Å². The maximum atomic E-state index is 7.30. The average Bonchev–Trinajstić information content (AvgIpc) is 2.15. The van der Waals surface area contributed by atoms with E-state index >= 15 is 0 Å². The van der Waals surface area contributed by atoms with Gasteiger partial charge in [-0.05, 0) is 6.37 Å². The molecule has 0 heterocycles. The molecule has 0 bridgehead atoms. The van der Waals surface area contributed by atoms with E-state index in [1.165, 1.54) is 0 Å². The normalized spacial score (nSPS) is 50.0. The Balaban J connectivity index is 5.80. The smallest absolute Gasteiger partial charge is 0.210 e. The van der Waals surface area contributed by atoms with Crippen molar-refractivity contribution in [1.29, 1.82) is 1.43 Å². The predicted octanol–water partition coefficient (Wildman–Crippen LogP) is 1.17. The summed E-state index contributed by atoms with van der Waals surface area (Å²) in [4.78, 5) is 0. The number of hydrogen-bond acceptors (Lipinski definition) is 1. The van der Waals surface area contributed by atoms with Crippen LogP contribution < -0.4 is 0 Å². The van der Waals surface area contributed by atoms with Crippen LogP contribution in [-0.2, 0) is 0 Å². The third kappa shape index (κ3) is 3.96. The first-order valence-electron chi connectivity index (χ1n) is 7.11. The Labute approximate surface area is 55.9 Å². The number of hydrogen-bond donors (Lipinski definition) is 1. The second-order valence-corrected chi connectivity index (χ2v) is 0.477. The number of rotatable bonds is 4. The van der Waals surface area contributed by atoms with Crippen molar-refractivity contribution in [2.24, 2.45) is 0 Å². The summed E-state index contributed by atoms with van der Waals surface area (Å²) < 4.78 is 84.5. The van der Waals surface area contributed by atoms with Crippen molar-refractivity contribution in [2.45, 2.75) is 26.0 Å². The zero-order chi connectivity index (χ0) is 15.2. The predicted molar refractivity (Wildman–Crippen MR) is 26.6 cm³/mol. The van der Waals surface area contributed by atoms with Gasteiger partial charge >= 0.3 is 0 Å². The third-order valence-corrected chi connectivity index (χ3v) is 0.176. The van der Waals surface area contributed by atoms with E-state index in [1.807, 2.05) is 0 Å². The molecule has 0 unspecified atom stereocenters. The Morgan fingerprint density at radius 3 is 3.67 bits per heavy atom. The van der Waals surface area contributed by atoms with Gasteiger partial charge < -0.3 is 5.11 Å². The third-order valence-electron chi connectivity index (χ3n) is 0.176. The maximum Gasteiger partial charge on any atom is 0.210 e. The summed E-state index contributed by atoms with van der Waals surface area (Å²) >= 11 is 0. The van der Waals surface area contributed by atoms with E-state index in [-0.39, 0.29) is 0 Å². The summed E-state index contributed by atoms with van der Waals surface area (Å²) in [5.74, 6) is 0. The van der Waals surface area contributed by atoms with Crippen molar-refractivity contribution in [2.75, 3.05) is 6.56 Å². The van der Waals surface area contributed by atoms with Crippen molar-refractivity contribution in [3.05, 3.63) is 0 Å². The highest BCUT2D eigenvalue weighted by Gasteiger charge is 1.76. The molecular formula is C5H12O. The van der Waals surface area contributed by atoms with Crippen molar-refractivity contribution >= 4 is 0 Å². The molecule has 0 amide bonds. The fourth-order valence-corrected chi connectivity index (χ4v) is 0.0568. The Morgan fingerprint density at radius 2 is 3.00 bits per heavy atom. The molecule has 6 heavy (non-hydrogen) atoms. The molecule has 0 fully saturated rings. The largest absolute Gasteiger partial charge is 0.396 e.